The molecule has 8 heteroatoms. The smallest absolute Gasteiger partial charge is 0.204 e. The van der Waals surface area contributed by atoms with E-state index in [-0.39, 0.29) is 0 Å². The topological polar surface area (TPSA) is 82.6 Å². The van der Waals surface area contributed by atoms with Crippen molar-refractivity contribution in [1.82, 2.24) is 30.5 Å². The molecule has 0 aliphatic rings. The van der Waals surface area contributed by atoms with Crippen molar-refractivity contribution in [3.8, 4) is 11.4 Å². The van der Waals surface area contributed by atoms with E-state index in [1.807, 2.05) is 12.1 Å². The number of H-pyrrole nitrogens is 1. The number of hydrogen-bond donors (Lipinski definition) is 2. The molecule has 0 saturated heterocycles. The summed E-state index contributed by atoms with van der Waals surface area (Å²) in [7, 11) is 4.13. The molecule has 4 rings (SSSR count). The Hall–Kier alpha value is -2.58. The predicted molar refractivity (Wildman–Crippen MR) is 97.3 cm³/mol. The molecule has 122 valence electrons. The van der Waals surface area contributed by atoms with Crippen LogP contribution in [0.4, 0.5) is 5.82 Å². The number of aromatic amines is 1. The van der Waals surface area contributed by atoms with Crippen molar-refractivity contribution in [3.05, 3.63) is 29.6 Å². The van der Waals surface area contributed by atoms with Crippen LogP contribution in [-0.4, -0.2) is 57.7 Å². The van der Waals surface area contributed by atoms with Gasteiger partial charge in [-0.25, -0.2) is 4.98 Å². The molecular weight excluding hydrogens is 322 g/mol. The van der Waals surface area contributed by atoms with Gasteiger partial charge in [0.1, 0.15) is 5.82 Å². The van der Waals surface area contributed by atoms with E-state index in [0.29, 0.717) is 5.82 Å². The van der Waals surface area contributed by atoms with E-state index in [9.17, 15) is 0 Å². The largest absolute Gasteiger partial charge is 0.368 e. The summed E-state index contributed by atoms with van der Waals surface area (Å²) in [5, 5.41) is 22.1. The second kappa shape index (κ2) is 6.14. The zero-order chi connectivity index (χ0) is 16.5. The third-order valence-corrected chi connectivity index (χ3v) is 4.78. The average molecular weight is 339 g/mol. The fourth-order valence-electron chi connectivity index (χ4n) is 2.67. The number of likely N-dealkylation sites (N-methyl/N-ethyl adjacent to an activating group) is 1. The van der Waals surface area contributed by atoms with E-state index < -0.39 is 0 Å². The molecule has 1 aromatic carbocycles. The standard InChI is InChI=1S/C16H17N7S/c1-23(2)7-6-17-16-14-12(5-8-24-14)11-4-3-10(9-13(11)18-16)15-19-21-22-20-15/h3-5,8-9H,6-7H2,1-2H3,(H,17,18)(H,19,20,21,22). The van der Waals surface area contributed by atoms with E-state index in [2.05, 4.69) is 62.4 Å². The van der Waals surface area contributed by atoms with Crippen LogP contribution in [-0.2, 0) is 0 Å². The number of nitrogens with zero attached hydrogens (tertiary/aromatic N) is 5. The molecule has 0 atom stereocenters. The zero-order valence-electron chi connectivity index (χ0n) is 13.4. The normalized spacial score (nSPS) is 11.6. The van der Waals surface area contributed by atoms with E-state index in [0.717, 1.165) is 35.4 Å². The lowest BCUT2D eigenvalue weighted by Gasteiger charge is -2.12. The third-order valence-electron chi connectivity index (χ3n) is 3.86. The molecule has 0 spiro atoms. The van der Waals surface area contributed by atoms with E-state index in [4.69, 9.17) is 4.98 Å². The Labute approximate surface area is 142 Å². The van der Waals surface area contributed by atoms with Gasteiger partial charge < -0.3 is 10.2 Å². The van der Waals surface area contributed by atoms with E-state index >= 15 is 0 Å². The lowest BCUT2D eigenvalue weighted by Crippen LogP contribution is -2.21. The summed E-state index contributed by atoms with van der Waals surface area (Å²) in [6, 6.07) is 8.24. The highest BCUT2D eigenvalue weighted by atomic mass is 32.1. The van der Waals surface area contributed by atoms with Crippen molar-refractivity contribution in [3.63, 3.8) is 0 Å². The van der Waals surface area contributed by atoms with Crippen molar-refractivity contribution < 1.29 is 0 Å². The van der Waals surface area contributed by atoms with Gasteiger partial charge in [0.25, 0.3) is 0 Å². The fraction of sp³-hybridized carbons (Fsp3) is 0.250. The van der Waals surface area contributed by atoms with Gasteiger partial charge in [0.2, 0.25) is 5.82 Å². The van der Waals surface area contributed by atoms with Gasteiger partial charge in [-0.3, -0.25) is 0 Å². The van der Waals surface area contributed by atoms with Gasteiger partial charge >= 0.3 is 0 Å². The quantitative estimate of drug-likeness (QED) is 0.581. The zero-order valence-corrected chi connectivity index (χ0v) is 14.3. The lowest BCUT2D eigenvalue weighted by molar-refractivity contribution is 0.425. The van der Waals surface area contributed by atoms with Crippen molar-refractivity contribution in [2.45, 2.75) is 0 Å². The highest BCUT2D eigenvalue weighted by Gasteiger charge is 2.11. The molecule has 0 fully saturated rings. The Bertz CT molecular complexity index is 975. The van der Waals surface area contributed by atoms with Crippen LogP contribution in [0.3, 0.4) is 0 Å². The molecule has 2 N–H and O–H groups in total. The fourth-order valence-corrected chi connectivity index (χ4v) is 3.54. The highest BCUT2D eigenvalue weighted by Crippen LogP contribution is 2.34. The third kappa shape index (κ3) is 2.70. The van der Waals surface area contributed by atoms with Crippen LogP contribution in [0.1, 0.15) is 0 Å². The van der Waals surface area contributed by atoms with Gasteiger partial charge in [-0.05, 0) is 36.8 Å². The SMILES string of the molecule is CN(C)CCNc1nc2cc(-c3nn[nH]n3)ccc2c2ccsc12. The van der Waals surface area contributed by atoms with Gasteiger partial charge in [-0.15, -0.1) is 21.5 Å². The summed E-state index contributed by atoms with van der Waals surface area (Å²) in [6.07, 6.45) is 0. The Morgan fingerprint density at radius 1 is 1.21 bits per heavy atom. The maximum Gasteiger partial charge on any atom is 0.204 e. The highest BCUT2D eigenvalue weighted by molar-refractivity contribution is 7.18. The lowest BCUT2D eigenvalue weighted by atomic mass is 10.1. The molecule has 0 bridgehead atoms. The molecule has 3 aromatic heterocycles. The van der Waals surface area contributed by atoms with Crippen molar-refractivity contribution in [1.29, 1.82) is 0 Å². The van der Waals surface area contributed by atoms with Gasteiger partial charge in [-0.1, -0.05) is 12.1 Å². The van der Waals surface area contributed by atoms with E-state index in [1.54, 1.807) is 11.3 Å². The number of fused-ring (bicyclic) bond motifs is 3. The first-order valence-electron chi connectivity index (χ1n) is 7.66. The first kappa shape index (κ1) is 15.0. The van der Waals surface area contributed by atoms with Gasteiger partial charge in [-0.2, -0.15) is 5.21 Å². The molecule has 0 radical (unpaired) electrons. The van der Waals surface area contributed by atoms with Crippen LogP contribution >= 0.6 is 11.3 Å². The van der Waals surface area contributed by atoms with E-state index in [1.165, 1.54) is 10.1 Å². The van der Waals surface area contributed by atoms with Crippen LogP contribution < -0.4 is 5.32 Å². The number of benzene rings is 1. The molecular formula is C16H17N7S. The summed E-state index contributed by atoms with van der Waals surface area (Å²) in [5.41, 5.74) is 1.83. The van der Waals surface area contributed by atoms with Gasteiger partial charge in [0, 0.05) is 29.4 Å². The maximum absolute atomic E-state index is 4.84. The van der Waals surface area contributed by atoms with Crippen LogP contribution in [0, 0.1) is 0 Å². The summed E-state index contributed by atoms with van der Waals surface area (Å²) in [6.45, 7) is 1.80. The molecule has 7 nitrogen and oxygen atoms in total. The summed E-state index contributed by atoms with van der Waals surface area (Å²) in [4.78, 5) is 6.98. The van der Waals surface area contributed by atoms with Crippen LogP contribution in [0.5, 0.6) is 0 Å². The van der Waals surface area contributed by atoms with Crippen LogP contribution in [0.2, 0.25) is 0 Å². The number of tetrazole rings is 1. The predicted octanol–water partition coefficient (Wildman–Crippen LogP) is 2.60. The Morgan fingerprint density at radius 2 is 2.12 bits per heavy atom. The van der Waals surface area contributed by atoms with Crippen molar-refractivity contribution in [2.24, 2.45) is 0 Å². The molecule has 0 unspecified atom stereocenters. The van der Waals surface area contributed by atoms with Gasteiger partial charge in [0.05, 0.1) is 10.2 Å². The molecule has 0 saturated carbocycles. The summed E-state index contributed by atoms with van der Waals surface area (Å²) >= 11 is 1.71. The van der Waals surface area contributed by atoms with Crippen LogP contribution in [0.15, 0.2) is 29.6 Å². The number of nitrogens with one attached hydrogen (secondary N) is 2. The number of hydrogen-bond acceptors (Lipinski definition) is 7. The number of aromatic nitrogens is 5. The Balaban J connectivity index is 1.80. The first-order valence-corrected chi connectivity index (χ1v) is 8.54. The second-order valence-corrected chi connectivity index (χ2v) is 6.74. The molecule has 0 aliphatic heterocycles. The number of pyridine rings is 1. The molecule has 0 amide bonds. The van der Waals surface area contributed by atoms with Gasteiger partial charge in [0.15, 0.2) is 0 Å². The average Bonchev–Trinajstić information content (AvgIpc) is 3.26. The molecule has 0 aliphatic carbocycles. The number of rotatable bonds is 5. The minimum Gasteiger partial charge on any atom is -0.368 e. The minimum absolute atomic E-state index is 0.575. The Morgan fingerprint density at radius 3 is 2.92 bits per heavy atom. The molecule has 3 heterocycles. The second-order valence-electron chi connectivity index (χ2n) is 5.82. The minimum atomic E-state index is 0.575. The molecule has 4 aromatic rings. The van der Waals surface area contributed by atoms with Crippen LogP contribution in [0.25, 0.3) is 32.4 Å². The first-order chi connectivity index (χ1) is 11.7. The monoisotopic (exact) mass is 339 g/mol. The maximum atomic E-state index is 4.84. The number of thiophene rings is 1. The van der Waals surface area contributed by atoms with Crippen molar-refractivity contribution >= 4 is 38.1 Å². The summed E-state index contributed by atoms with van der Waals surface area (Å²) < 4.78 is 1.19. The summed E-state index contributed by atoms with van der Waals surface area (Å²) in [5.74, 6) is 1.51. The number of anilines is 1. The Kier molecular flexibility index (Phi) is 3.83. The molecule has 24 heavy (non-hydrogen) atoms. The van der Waals surface area contributed by atoms with Crippen molar-refractivity contribution in [2.75, 3.05) is 32.5 Å².